The molecule has 1 aliphatic rings. The van der Waals surface area contributed by atoms with Crippen molar-refractivity contribution in [1.82, 2.24) is 9.88 Å². The van der Waals surface area contributed by atoms with E-state index in [1.807, 2.05) is 11.9 Å². The summed E-state index contributed by atoms with van der Waals surface area (Å²) in [6.45, 7) is 3.12. The summed E-state index contributed by atoms with van der Waals surface area (Å²) in [5.41, 5.74) is -0.638. The molecule has 1 aromatic heterocycles. The number of piperazine rings is 1. The topological polar surface area (TPSA) is 19.4 Å². The average molecular weight is 245 g/mol. The average Bonchev–Trinajstić information content (AvgIpc) is 2.29. The van der Waals surface area contributed by atoms with Crippen LogP contribution in [0.2, 0.25) is 0 Å². The Labute approximate surface area is 97.9 Å². The number of aromatic nitrogens is 1. The summed E-state index contributed by atoms with van der Waals surface area (Å²) in [5, 5.41) is 0. The molecule has 0 unspecified atom stereocenters. The van der Waals surface area contributed by atoms with Crippen LogP contribution in [0.5, 0.6) is 0 Å². The molecular formula is C11H14F3N3. The molecule has 0 saturated carbocycles. The number of alkyl halides is 3. The summed E-state index contributed by atoms with van der Waals surface area (Å²) in [5.74, 6) is 0.410. The number of halogens is 3. The maximum absolute atomic E-state index is 12.5. The van der Waals surface area contributed by atoms with Crippen LogP contribution in [0, 0.1) is 0 Å². The Morgan fingerprint density at radius 1 is 1.18 bits per heavy atom. The van der Waals surface area contributed by atoms with Gasteiger partial charge in [-0.05, 0) is 19.2 Å². The lowest BCUT2D eigenvalue weighted by atomic mass is 10.2. The second-order valence-corrected chi connectivity index (χ2v) is 4.19. The minimum atomic E-state index is -4.30. The van der Waals surface area contributed by atoms with Gasteiger partial charge in [0, 0.05) is 32.4 Å². The van der Waals surface area contributed by atoms with Crippen molar-refractivity contribution in [3.05, 3.63) is 23.9 Å². The molecule has 17 heavy (non-hydrogen) atoms. The SMILES string of the molecule is CN1CCN(c2cc(C(F)(F)F)ccn2)CC1. The molecule has 1 aromatic rings. The van der Waals surface area contributed by atoms with Gasteiger partial charge in [0.1, 0.15) is 5.82 Å². The van der Waals surface area contributed by atoms with Crippen molar-refractivity contribution >= 4 is 5.82 Å². The van der Waals surface area contributed by atoms with Crippen molar-refractivity contribution < 1.29 is 13.2 Å². The third-order valence-corrected chi connectivity index (χ3v) is 2.90. The lowest BCUT2D eigenvalue weighted by Gasteiger charge is -2.33. The number of rotatable bonds is 1. The van der Waals surface area contributed by atoms with Crippen LogP contribution in [0.3, 0.4) is 0 Å². The molecule has 2 rings (SSSR count). The zero-order valence-corrected chi connectivity index (χ0v) is 9.54. The number of hydrogen-bond acceptors (Lipinski definition) is 3. The smallest absolute Gasteiger partial charge is 0.354 e. The highest BCUT2D eigenvalue weighted by Gasteiger charge is 2.31. The Balaban J connectivity index is 2.16. The molecule has 1 aliphatic heterocycles. The van der Waals surface area contributed by atoms with E-state index in [-0.39, 0.29) is 0 Å². The van der Waals surface area contributed by atoms with Crippen LogP contribution in [-0.2, 0) is 6.18 Å². The van der Waals surface area contributed by atoms with E-state index in [9.17, 15) is 13.2 Å². The first-order chi connectivity index (χ1) is 7.97. The van der Waals surface area contributed by atoms with Crippen LogP contribution in [0.25, 0.3) is 0 Å². The zero-order valence-electron chi connectivity index (χ0n) is 9.54. The summed E-state index contributed by atoms with van der Waals surface area (Å²) in [7, 11) is 2.00. The molecule has 1 saturated heterocycles. The molecule has 94 valence electrons. The molecule has 3 nitrogen and oxygen atoms in total. The van der Waals surface area contributed by atoms with E-state index in [0.717, 1.165) is 25.2 Å². The molecule has 0 radical (unpaired) electrons. The number of hydrogen-bond donors (Lipinski definition) is 0. The molecule has 0 N–H and O–H groups in total. The van der Waals surface area contributed by atoms with Crippen molar-refractivity contribution in [2.75, 3.05) is 38.1 Å². The van der Waals surface area contributed by atoms with E-state index in [4.69, 9.17) is 0 Å². The zero-order chi connectivity index (χ0) is 12.5. The monoisotopic (exact) mass is 245 g/mol. The van der Waals surface area contributed by atoms with Crippen molar-refractivity contribution in [3.8, 4) is 0 Å². The van der Waals surface area contributed by atoms with Gasteiger partial charge in [-0.1, -0.05) is 0 Å². The Morgan fingerprint density at radius 2 is 1.82 bits per heavy atom. The highest BCUT2D eigenvalue weighted by Crippen LogP contribution is 2.30. The largest absolute Gasteiger partial charge is 0.416 e. The Bertz CT molecular complexity index is 384. The second-order valence-electron chi connectivity index (χ2n) is 4.19. The van der Waals surface area contributed by atoms with Crippen LogP contribution >= 0.6 is 0 Å². The molecule has 0 spiro atoms. The molecule has 0 amide bonds. The van der Waals surface area contributed by atoms with Crippen LogP contribution < -0.4 is 4.90 Å². The van der Waals surface area contributed by atoms with Crippen LogP contribution in [0.1, 0.15) is 5.56 Å². The molecule has 6 heteroatoms. The van der Waals surface area contributed by atoms with Gasteiger partial charge in [-0.15, -0.1) is 0 Å². The number of nitrogens with zero attached hydrogens (tertiary/aromatic N) is 3. The fourth-order valence-corrected chi connectivity index (χ4v) is 1.80. The first-order valence-electron chi connectivity index (χ1n) is 5.43. The summed E-state index contributed by atoms with van der Waals surface area (Å²) in [6, 6.07) is 2.12. The third kappa shape index (κ3) is 2.88. The van der Waals surface area contributed by atoms with Crippen LogP contribution in [-0.4, -0.2) is 43.1 Å². The molecule has 2 heterocycles. The van der Waals surface area contributed by atoms with Crippen LogP contribution in [0.15, 0.2) is 18.3 Å². The Kier molecular flexibility index (Phi) is 3.24. The predicted octanol–water partition coefficient (Wildman–Crippen LogP) is 1.85. The standard InChI is InChI=1S/C11H14F3N3/c1-16-4-6-17(7-5-16)10-8-9(2-3-15-10)11(12,13)14/h2-3,8H,4-7H2,1H3. The summed E-state index contributed by atoms with van der Waals surface area (Å²) in [4.78, 5) is 8.04. The normalized spacial score (nSPS) is 18.5. The van der Waals surface area contributed by atoms with E-state index in [2.05, 4.69) is 9.88 Å². The highest BCUT2D eigenvalue weighted by atomic mass is 19.4. The lowest BCUT2D eigenvalue weighted by Crippen LogP contribution is -2.44. The van der Waals surface area contributed by atoms with E-state index in [0.29, 0.717) is 18.9 Å². The summed E-state index contributed by atoms with van der Waals surface area (Å²) in [6.07, 6.45) is -3.08. The third-order valence-electron chi connectivity index (χ3n) is 2.90. The molecule has 0 aromatic carbocycles. The van der Waals surface area contributed by atoms with Gasteiger partial charge in [0.05, 0.1) is 5.56 Å². The Morgan fingerprint density at radius 3 is 2.41 bits per heavy atom. The molecular weight excluding hydrogens is 231 g/mol. The van der Waals surface area contributed by atoms with Crippen molar-refractivity contribution in [2.24, 2.45) is 0 Å². The van der Waals surface area contributed by atoms with Crippen molar-refractivity contribution in [1.29, 1.82) is 0 Å². The Hall–Kier alpha value is -1.30. The molecule has 1 fully saturated rings. The molecule has 0 atom stereocenters. The fraction of sp³-hybridized carbons (Fsp3) is 0.545. The summed E-state index contributed by atoms with van der Waals surface area (Å²) < 4.78 is 37.6. The van der Waals surface area contributed by atoms with E-state index in [1.165, 1.54) is 6.20 Å². The first kappa shape index (κ1) is 12.2. The van der Waals surface area contributed by atoms with Gasteiger partial charge in [-0.3, -0.25) is 0 Å². The quantitative estimate of drug-likeness (QED) is 0.752. The highest BCUT2D eigenvalue weighted by molar-refractivity contribution is 5.42. The van der Waals surface area contributed by atoms with Crippen molar-refractivity contribution in [2.45, 2.75) is 6.18 Å². The second kappa shape index (κ2) is 4.52. The van der Waals surface area contributed by atoms with Gasteiger partial charge >= 0.3 is 6.18 Å². The van der Waals surface area contributed by atoms with Gasteiger partial charge in [0.2, 0.25) is 0 Å². The van der Waals surface area contributed by atoms with E-state index in [1.54, 1.807) is 0 Å². The van der Waals surface area contributed by atoms with E-state index >= 15 is 0 Å². The van der Waals surface area contributed by atoms with Gasteiger partial charge in [0.25, 0.3) is 0 Å². The minimum Gasteiger partial charge on any atom is -0.354 e. The predicted molar refractivity (Wildman–Crippen MR) is 58.9 cm³/mol. The molecule has 0 bridgehead atoms. The van der Waals surface area contributed by atoms with Crippen molar-refractivity contribution in [3.63, 3.8) is 0 Å². The van der Waals surface area contributed by atoms with Gasteiger partial charge in [-0.2, -0.15) is 13.2 Å². The van der Waals surface area contributed by atoms with Gasteiger partial charge < -0.3 is 9.80 Å². The molecule has 0 aliphatic carbocycles. The van der Waals surface area contributed by atoms with Gasteiger partial charge in [-0.25, -0.2) is 4.98 Å². The van der Waals surface area contributed by atoms with Gasteiger partial charge in [0.15, 0.2) is 0 Å². The van der Waals surface area contributed by atoms with Crippen LogP contribution in [0.4, 0.5) is 19.0 Å². The number of likely N-dealkylation sites (N-methyl/N-ethyl adjacent to an activating group) is 1. The number of pyridine rings is 1. The number of anilines is 1. The summed E-state index contributed by atoms with van der Waals surface area (Å²) >= 11 is 0. The maximum atomic E-state index is 12.5. The first-order valence-corrected chi connectivity index (χ1v) is 5.43. The minimum absolute atomic E-state index is 0.410. The lowest BCUT2D eigenvalue weighted by molar-refractivity contribution is -0.137. The maximum Gasteiger partial charge on any atom is 0.416 e. The van der Waals surface area contributed by atoms with E-state index < -0.39 is 11.7 Å². The fourth-order valence-electron chi connectivity index (χ4n) is 1.80.